The number of benzene rings is 2. The van der Waals surface area contributed by atoms with Crippen LogP contribution < -0.4 is 15.8 Å². The molecule has 140 valence electrons. The van der Waals surface area contributed by atoms with Crippen LogP contribution in [-0.4, -0.2) is 19.2 Å². The van der Waals surface area contributed by atoms with E-state index in [-0.39, 0.29) is 29.5 Å². The third kappa shape index (κ3) is 3.44. The maximum Gasteiger partial charge on any atom is 0.417 e. The third-order valence-corrected chi connectivity index (χ3v) is 4.03. The van der Waals surface area contributed by atoms with Crippen LogP contribution in [0.25, 0.3) is 11.1 Å². The Morgan fingerprint density at radius 3 is 2.35 bits per heavy atom. The van der Waals surface area contributed by atoms with Gasteiger partial charge in [0.15, 0.2) is 5.75 Å². The number of nitrogens with two attached hydrogens (primary N) is 1. The molecule has 0 bridgehead atoms. The van der Waals surface area contributed by atoms with Crippen molar-refractivity contribution in [3.63, 3.8) is 0 Å². The zero-order chi connectivity index (χ0) is 19.1. The number of rotatable bonds is 2. The highest BCUT2D eigenvalue weighted by Gasteiger charge is 2.39. The number of nitrogens with one attached hydrogen (secondary N) is 1. The van der Waals surface area contributed by atoms with Crippen LogP contribution in [0.15, 0.2) is 36.4 Å². The summed E-state index contributed by atoms with van der Waals surface area (Å²) in [7, 11) is 0. The predicted octanol–water partition coefficient (Wildman–Crippen LogP) is 4.52. The van der Waals surface area contributed by atoms with E-state index in [4.69, 9.17) is 10.5 Å². The Morgan fingerprint density at radius 2 is 1.73 bits per heavy atom. The molecule has 2 aromatic carbocycles. The molecule has 1 atom stereocenters. The molecule has 0 unspecified atom stereocenters. The van der Waals surface area contributed by atoms with Crippen LogP contribution >= 0.6 is 0 Å². The summed E-state index contributed by atoms with van der Waals surface area (Å²) in [6, 6.07) is 6.05. The lowest BCUT2D eigenvalue weighted by molar-refractivity contribution is -0.142. The first-order valence-electron chi connectivity index (χ1n) is 7.63. The van der Waals surface area contributed by atoms with Crippen LogP contribution in [-0.2, 0) is 12.4 Å². The summed E-state index contributed by atoms with van der Waals surface area (Å²) in [4.78, 5) is 0. The molecule has 9 heteroatoms. The number of para-hydroxylation sites is 1. The number of fused-ring (bicyclic) bond motifs is 1. The Balaban J connectivity index is 2.19. The van der Waals surface area contributed by atoms with Gasteiger partial charge in [-0.3, -0.25) is 0 Å². The molecule has 0 saturated heterocycles. The van der Waals surface area contributed by atoms with Gasteiger partial charge in [0.2, 0.25) is 0 Å². The highest BCUT2D eigenvalue weighted by molar-refractivity contribution is 5.81. The molecule has 3 N–H and O–H groups in total. The topological polar surface area (TPSA) is 47.3 Å². The monoisotopic (exact) mass is 376 g/mol. The number of ether oxygens (including phenoxy) is 1. The van der Waals surface area contributed by atoms with Crippen molar-refractivity contribution in [2.24, 2.45) is 5.73 Å². The van der Waals surface area contributed by atoms with Gasteiger partial charge in [-0.1, -0.05) is 18.2 Å². The first kappa shape index (κ1) is 18.4. The van der Waals surface area contributed by atoms with Crippen molar-refractivity contribution < 1.29 is 31.1 Å². The maximum atomic E-state index is 13.4. The summed E-state index contributed by atoms with van der Waals surface area (Å²) in [5.41, 5.74) is 2.93. The molecule has 1 aliphatic rings. The van der Waals surface area contributed by atoms with Gasteiger partial charge in [0, 0.05) is 12.1 Å². The van der Waals surface area contributed by atoms with Gasteiger partial charge in [-0.05, 0) is 23.8 Å². The van der Waals surface area contributed by atoms with E-state index < -0.39 is 29.6 Å². The lowest BCUT2D eigenvalue weighted by Gasteiger charge is -2.29. The third-order valence-electron chi connectivity index (χ3n) is 4.03. The van der Waals surface area contributed by atoms with Crippen LogP contribution in [0, 0.1) is 0 Å². The molecule has 0 radical (unpaired) electrons. The minimum absolute atomic E-state index is 0.0502. The first-order chi connectivity index (χ1) is 12.1. The molecule has 2 aromatic rings. The Hall–Kier alpha value is -2.42. The van der Waals surface area contributed by atoms with Crippen LogP contribution in [0.2, 0.25) is 0 Å². The van der Waals surface area contributed by atoms with Crippen LogP contribution in [0.1, 0.15) is 11.1 Å². The standard InChI is InChI=1S/C17H14F6N2O/c18-16(19,20)9-4-5-11(13(6-9)17(21,22)23)12-2-1-3-14-15(12)26-10(7-24)8-25-14/h1-6,10,25H,7-8,24H2/t10-/m1/s1. The quantitative estimate of drug-likeness (QED) is 0.758. The molecule has 3 nitrogen and oxygen atoms in total. The molecule has 0 spiro atoms. The minimum atomic E-state index is -4.96. The van der Waals surface area contributed by atoms with E-state index in [1.54, 1.807) is 6.07 Å². The van der Waals surface area contributed by atoms with Crippen molar-refractivity contribution >= 4 is 5.69 Å². The molecule has 1 heterocycles. The van der Waals surface area contributed by atoms with Crippen molar-refractivity contribution in [3.05, 3.63) is 47.5 Å². The second-order valence-electron chi connectivity index (χ2n) is 5.79. The minimum Gasteiger partial charge on any atom is -0.484 e. The second kappa shape index (κ2) is 6.39. The van der Waals surface area contributed by atoms with Crippen molar-refractivity contribution in [2.75, 3.05) is 18.4 Å². The fourth-order valence-electron chi connectivity index (χ4n) is 2.77. The highest BCUT2D eigenvalue weighted by Crippen LogP contribution is 2.45. The van der Waals surface area contributed by atoms with Crippen molar-refractivity contribution in [1.29, 1.82) is 0 Å². The molecule has 3 rings (SSSR count). The number of anilines is 1. The van der Waals surface area contributed by atoms with E-state index in [1.165, 1.54) is 12.1 Å². The summed E-state index contributed by atoms with van der Waals surface area (Å²) in [6.07, 6.45) is -10.3. The number of halogens is 6. The SMILES string of the molecule is NC[C@@H]1CNc2cccc(-c3ccc(C(F)(F)F)cc3C(F)(F)F)c2O1. The highest BCUT2D eigenvalue weighted by atomic mass is 19.4. The molecule has 0 fully saturated rings. The summed E-state index contributed by atoms with van der Waals surface area (Å²) in [6.45, 7) is 0.520. The lowest BCUT2D eigenvalue weighted by Crippen LogP contribution is -2.37. The Labute approximate surface area is 144 Å². The van der Waals surface area contributed by atoms with Gasteiger partial charge in [-0.2, -0.15) is 26.3 Å². The van der Waals surface area contributed by atoms with Crippen molar-refractivity contribution in [3.8, 4) is 16.9 Å². The number of hydrogen-bond donors (Lipinski definition) is 2. The Morgan fingerprint density at radius 1 is 1.00 bits per heavy atom. The molecule has 26 heavy (non-hydrogen) atoms. The van der Waals surface area contributed by atoms with Crippen LogP contribution in [0.5, 0.6) is 5.75 Å². The van der Waals surface area contributed by atoms with Gasteiger partial charge >= 0.3 is 12.4 Å². The first-order valence-corrected chi connectivity index (χ1v) is 7.63. The van der Waals surface area contributed by atoms with E-state index in [0.29, 0.717) is 18.3 Å². The van der Waals surface area contributed by atoms with Gasteiger partial charge in [0.1, 0.15) is 6.10 Å². The average molecular weight is 376 g/mol. The van der Waals surface area contributed by atoms with E-state index in [2.05, 4.69) is 5.32 Å². The van der Waals surface area contributed by atoms with Crippen molar-refractivity contribution in [2.45, 2.75) is 18.5 Å². The summed E-state index contributed by atoms with van der Waals surface area (Å²) < 4.78 is 84.5. The van der Waals surface area contributed by atoms with Gasteiger partial charge in [0.25, 0.3) is 0 Å². The van der Waals surface area contributed by atoms with Gasteiger partial charge in [-0.15, -0.1) is 0 Å². The molecule has 0 aliphatic carbocycles. The second-order valence-corrected chi connectivity index (χ2v) is 5.79. The smallest absolute Gasteiger partial charge is 0.417 e. The summed E-state index contributed by atoms with van der Waals surface area (Å²) in [5, 5.41) is 3.00. The Bertz CT molecular complexity index is 816. The van der Waals surface area contributed by atoms with Crippen LogP contribution in [0.3, 0.4) is 0 Å². The molecule has 1 aliphatic heterocycles. The zero-order valence-corrected chi connectivity index (χ0v) is 13.2. The molecule has 0 aromatic heterocycles. The molecule has 0 saturated carbocycles. The Kier molecular flexibility index (Phi) is 4.51. The molecular formula is C17H14F6N2O. The molecule has 0 amide bonds. The zero-order valence-electron chi connectivity index (χ0n) is 13.2. The van der Waals surface area contributed by atoms with Gasteiger partial charge < -0.3 is 15.8 Å². The largest absolute Gasteiger partial charge is 0.484 e. The van der Waals surface area contributed by atoms with Crippen molar-refractivity contribution in [1.82, 2.24) is 0 Å². The van der Waals surface area contributed by atoms with Crippen LogP contribution in [0.4, 0.5) is 32.0 Å². The van der Waals surface area contributed by atoms with Gasteiger partial charge in [0.05, 0.1) is 23.4 Å². The normalized spacial score (nSPS) is 17.3. The van der Waals surface area contributed by atoms with E-state index in [9.17, 15) is 26.3 Å². The number of alkyl halides is 6. The molecular weight excluding hydrogens is 362 g/mol. The maximum absolute atomic E-state index is 13.4. The number of hydrogen-bond acceptors (Lipinski definition) is 3. The van der Waals surface area contributed by atoms with E-state index in [0.717, 1.165) is 6.07 Å². The van der Waals surface area contributed by atoms with Gasteiger partial charge in [-0.25, -0.2) is 0 Å². The fraction of sp³-hybridized carbons (Fsp3) is 0.294. The van der Waals surface area contributed by atoms with E-state index in [1.807, 2.05) is 0 Å². The fourth-order valence-corrected chi connectivity index (χ4v) is 2.77. The predicted molar refractivity (Wildman–Crippen MR) is 83.8 cm³/mol. The summed E-state index contributed by atoms with van der Waals surface area (Å²) in [5.74, 6) is 0.138. The lowest BCUT2D eigenvalue weighted by atomic mass is 9.95. The summed E-state index contributed by atoms with van der Waals surface area (Å²) >= 11 is 0. The van der Waals surface area contributed by atoms with E-state index >= 15 is 0 Å². The average Bonchev–Trinajstić information content (AvgIpc) is 2.58.